The molecular weight excluding hydrogens is 388 g/mol. The van der Waals surface area contributed by atoms with Crippen LogP contribution in [0.15, 0.2) is 30.3 Å². The molecule has 168 valence electrons. The molecule has 30 heavy (non-hydrogen) atoms. The summed E-state index contributed by atoms with van der Waals surface area (Å²) in [5.74, 6) is -2.29. The first-order valence-electron chi connectivity index (χ1n) is 10.7. The van der Waals surface area contributed by atoms with Gasteiger partial charge < -0.3 is 28.8 Å². The summed E-state index contributed by atoms with van der Waals surface area (Å²) in [5.41, 5.74) is 0.971. The topological polar surface area (TPSA) is 83.5 Å². The maximum atomic E-state index is 11.9. The van der Waals surface area contributed by atoms with Gasteiger partial charge in [-0.15, -0.1) is 0 Å². The van der Waals surface area contributed by atoms with Gasteiger partial charge in [-0.3, -0.25) is 4.79 Å². The average molecular weight is 423 g/mol. The van der Waals surface area contributed by atoms with Gasteiger partial charge in [0.25, 0.3) is 0 Å². The maximum Gasteiger partial charge on any atom is 0.308 e. The largest absolute Gasteiger partial charge is 0.481 e. The van der Waals surface area contributed by atoms with Crippen LogP contribution in [0.2, 0.25) is 0 Å². The van der Waals surface area contributed by atoms with Crippen LogP contribution in [0.4, 0.5) is 0 Å². The SMILES string of the molecule is COCO[C@@H]1[C@@H](C)[C@H](C)[C@@]2(CCCO2)O[C@H]1[C@H](OCc1ccccc1)[C@H](C)C(=O)O. The van der Waals surface area contributed by atoms with Crippen molar-refractivity contribution < 1.29 is 33.6 Å². The molecule has 0 amide bonds. The van der Waals surface area contributed by atoms with Crippen molar-refractivity contribution in [3.05, 3.63) is 35.9 Å². The molecule has 7 nitrogen and oxygen atoms in total. The van der Waals surface area contributed by atoms with Gasteiger partial charge in [0, 0.05) is 19.4 Å². The van der Waals surface area contributed by atoms with Crippen molar-refractivity contribution in [2.75, 3.05) is 20.5 Å². The van der Waals surface area contributed by atoms with Gasteiger partial charge in [-0.2, -0.15) is 0 Å². The Morgan fingerprint density at radius 3 is 2.63 bits per heavy atom. The molecule has 2 heterocycles. The highest BCUT2D eigenvalue weighted by Gasteiger charge is 2.56. The van der Waals surface area contributed by atoms with Crippen LogP contribution in [0.3, 0.4) is 0 Å². The van der Waals surface area contributed by atoms with E-state index in [1.165, 1.54) is 0 Å². The predicted octanol–water partition coefficient (Wildman–Crippen LogP) is 3.46. The minimum Gasteiger partial charge on any atom is -0.481 e. The molecule has 7 atom stereocenters. The van der Waals surface area contributed by atoms with Gasteiger partial charge >= 0.3 is 5.97 Å². The van der Waals surface area contributed by atoms with Crippen LogP contribution in [0.25, 0.3) is 0 Å². The second-order valence-corrected chi connectivity index (χ2v) is 8.42. The lowest BCUT2D eigenvalue weighted by Crippen LogP contribution is -2.62. The summed E-state index contributed by atoms with van der Waals surface area (Å²) in [5, 5.41) is 9.79. The van der Waals surface area contributed by atoms with Crippen molar-refractivity contribution in [1.29, 1.82) is 0 Å². The zero-order chi connectivity index (χ0) is 21.7. The molecule has 1 aromatic carbocycles. The first-order chi connectivity index (χ1) is 14.4. The van der Waals surface area contributed by atoms with Crippen LogP contribution < -0.4 is 0 Å². The van der Waals surface area contributed by atoms with Crippen molar-refractivity contribution in [3.63, 3.8) is 0 Å². The fourth-order valence-electron chi connectivity index (χ4n) is 4.55. The minimum atomic E-state index is -0.935. The summed E-state index contributed by atoms with van der Waals surface area (Å²) in [7, 11) is 1.57. The minimum absolute atomic E-state index is 0.0702. The fraction of sp³-hybridized carbons (Fsp3) is 0.696. The lowest BCUT2D eigenvalue weighted by atomic mass is 9.76. The number of carboxylic acid groups (broad SMARTS) is 1. The van der Waals surface area contributed by atoms with Gasteiger partial charge in [-0.05, 0) is 24.8 Å². The molecule has 0 bridgehead atoms. The van der Waals surface area contributed by atoms with Crippen molar-refractivity contribution in [2.45, 2.75) is 64.3 Å². The molecule has 7 heteroatoms. The number of aliphatic carboxylic acids is 1. The van der Waals surface area contributed by atoms with Crippen molar-refractivity contribution >= 4 is 5.97 Å². The monoisotopic (exact) mass is 422 g/mol. The molecule has 0 saturated carbocycles. The molecule has 0 radical (unpaired) electrons. The Labute approximate surface area is 178 Å². The van der Waals surface area contributed by atoms with Crippen molar-refractivity contribution in [2.24, 2.45) is 17.8 Å². The van der Waals surface area contributed by atoms with Gasteiger partial charge in [-0.25, -0.2) is 0 Å². The van der Waals surface area contributed by atoms with E-state index >= 15 is 0 Å². The third kappa shape index (κ3) is 4.86. The molecule has 2 aliphatic heterocycles. The second-order valence-electron chi connectivity index (χ2n) is 8.42. The maximum absolute atomic E-state index is 11.9. The number of hydrogen-bond donors (Lipinski definition) is 1. The van der Waals surface area contributed by atoms with Crippen LogP contribution in [0.1, 0.15) is 39.2 Å². The van der Waals surface area contributed by atoms with E-state index in [4.69, 9.17) is 23.7 Å². The highest BCUT2D eigenvalue weighted by Crippen LogP contribution is 2.47. The van der Waals surface area contributed by atoms with Gasteiger partial charge in [0.2, 0.25) is 0 Å². The zero-order valence-electron chi connectivity index (χ0n) is 18.3. The molecule has 3 rings (SSSR count). The van der Waals surface area contributed by atoms with Crippen molar-refractivity contribution in [3.8, 4) is 0 Å². The summed E-state index contributed by atoms with van der Waals surface area (Å²) in [4.78, 5) is 11.9. The second kappa shape index (κ2) is 10.2. The normalized spacial score (nSPS) is 33.5. The van der Waals surface area contributed by atoms with E-state index in [1.807, 2.05) is 30.3 Å². The number of methoxy groups -OCH3 is 1. The molecule has 1 aromatic rings. The third-order valence-corrected chi connectivity index (χ3v) is 6.55. The van der Waals surface area contributed by atoms with Gasteiger partial charge in [-0.1, -0.05) is 44.2 Å². The highest BCUT2D eigenvalue weighted by molar-refractivity contribution is 5.70. The Morgan fingerprint density at radius 1 is 1.30 bits per heavy atom. The number of hydrogen-bond acceptors (Lipinski definition) is 6. The molecule has 1 spiro atoms. The van der Waals surface area contributed by atoms with Crippen molar-refractivity contribution in [1.82, 2.24) is 0 Å². The first-order valence-corrected chi connectivity index (χ1v) is 10.7. The zero-order valence-corrected chi connectivity index (χ0v) is 18.3. The Kier molecular flexibility index (Phi) is 7.87. The molecule has 1 N–H and O–H groups in total. The van der Waals surface area contributed by atoms with E-state index in [1.54, 1.807) is 14.0 Å². The lowest BCUT2D eigenvalue weighted by Gasteiger charge is -2.51. The van der Waals surface area contributed by atoms with E-state index < -0.39 is 29.9 Å². The Hall–Kier alpha value is -1.51. The van der Waals surface area contributed by atoms with Gasteiger partial charge in [0.15, 0.2) is 5.79 Å². The number of rotatable bonds is 9. The third-order valence-electron chi connectivity index (χ3n) is 6.55. The van der Waals surface area contributed by atoms with Crippen LogP contribution >= 0.6 is 0 Å². The summed E-state index contributed by atoms with van der Waals surface area (Å²) < 4.78 is 30.0. The molecular formula is C23H34O7. The number of carboxylic acids is 1. The summed E-state index contributed by atoms with van der Waals surface area (Å²) in [6.45, 7) is 6.89. The van der Waals surface area contributed by atoms with E-state index in [0.717, 1.165) is 18.4 Å². The van der Waals surface area contributed by atoms with E-state index in [-0.39, 0.29) is 31.3 Å². The highest BCUT2D eigenvalue weighted by atomic mass is 16.7. The molecule has 2 aliphatic rings. The molecule has 0 unspecified atom stereocenters. The molecule has 2 saturated heterocycles. The Bertz CT molecular complexity index is 673. The lowest BCUT2D eigenvalue weighted by molar-refractivity contribution is -0.347. The Balaban J connectivity index is 1.89. The summed E-state index contributed by atoms with van der Waals surface area (Å²) in [6.07, 6.45) is 0.00758. The van der Waals surface area contributed by atoms with Gasteiger partial charge in [0.1, 0.15) is 12.9 Å². The number of ether oxygens (including phenoxy) is 5. The molecule has 2 fully saturated rings. The fourth-order valence-corrected chi connectivity index (χ4v) is 4.55. The van der Waals surface area contributed by atoms with E-state index in [2.05, 4.69) is 13.8 Å². The molecule has 0 aliphatic carbocycles. The van der Waals surface area contributed by atoms with E-state index in [9.17, 15) is 9.90 Å². The average Bonchev–Trinajstić information content (AvgIpc) is 3.22. The first kappa shape index (κ1) is 23.2. The molecule has 0 aromatic heterocycles. The predicted molar refractivity (Wildman–Crippen MR) is 110 cm³/mol. The summed E-state index contributed by atoms with van der Waals surface area (Å²) >= 11 is 0. The summed E-state index contributed by atoms with van der Waals surface area (Å²) in [6, 6.07) is 9.71. The number of benzene rings is 1. The standard InChI is InChI=1S/C23H34O7/c1-15-17(3)23(11-8-12-29-23)30-21(19(15)28-14-26-4)20(16(2)22(24)25)27-13-18-9-6-5-7-10-18/h5-7,9-10,15-17,19-21H,8,11-14H2,1-4H3,(H,24,25)/t15-,16-,17-,19+,20+,21+,23+/m0/s1. The Morgan fingerprint density at radius 2 is 2.03 bits per heavy atom. The smallest absolute Gasteiger partial charge is 0.308 e. The quantitative estimate of drug-likeness (QED) is 0.610. The van der Waals surface area contributed by atoms with Crippen LogP contribution in [-0.2, 0) is 35.1 Å². The number of carbonyl (C=O) groups is 1. The van der Waals surface area contributed by atoms with E-state index in [0.29, 0.717) is 6.61 Å². The van der Waals surface area contributed by atoms with Crippen LogP contribution in [0, 0.1) is 17.8 Å². The van der Waals surface area contributed by atoms with Gasteiger partial charge in [0.05, 0.1) is 31.3 Å². The van der Waals surface area contributed by atoms with Crippen LogP contribution in [-0.4, -0.2) is 55.7 Å². The van der Waals surface area contributed by atoms with Crippen LogP contribution in [0.5, 0.6) is 0 Å².